The molecule has 1 heterocycles. The predicted molar refractivity (Wildman–Crippen MR) is 301 cm³/mol. The molecule has 26 heteroatoms. The van der Waals surface area contributed by atoms with E-state index in [1.807, 2.05) is 14.1 Å². The molecular weight excluding hydrogens is 1120 g/mol. The normalized spacial score (nSPS) is 12.0. The molecule has 4 aromatic carbocycles. The number of aryl methyl sites for hydroxylation is 6. The molecule has 21 nitrogen and oxygen atoms in total. The topological polar surface area (TPSA) is 254 Å². The van der Waals surface area contributed by atoms with Crippen molar-refractivity contribution < 1.29 is 68.1 Å². The number of nitrogens with one attached hydrogen (secondary N) is 2. The van der Waals surface area contributed by atoms with Gasteiger partial charge in [-0.05, 0) is 156 Å². The van der Waals surface area contributed by atoms with Crippen LogP contribution in [0.4, 0.5) is 0 Å². The molecule has 0 aliphatic carbocycles. The van der Waals surface area contributed by atoms with Gasteiger partial charge in [-0.3, -0.25) is 19.2 Å². The molecule has 2 amide bonds. The number of likely N-dealkylation sites (N-methyl/N-ethyl adjacent to an activating group) is 3. The van der Waals surface area contributed by atoms with E-state index in [4.69, 9.17) is 24.9 Å². The summed E-state index contributed by atoms with van der Waals surface area (Å²) in [5.41, 5.74) is 6.94. The number of amides is 2. The first kappa shape index (κ1) is 70.4. The zero-order valence-electron chi connectivity index (χ0n) is 47.3. The van der Waals surface area contributed by atoms with Crippen LogP contribution in [0.5, 0.6) is 17.2 Å². The number of methoxy groups -OCH3 is 5. The number of halogens is 2. The van der Waals surface area contributed by atoms with Gasteiger partial charge in [0.1, 0.15) is 23.8 Å². The first-order valence-electron chi connectivity index (χ1n) is 23.7. The van der Waals surface area contributed by atoms with Crippen LogP contribution in [-0.4, -0.2) is 171 Å². The lowest BCUT2D eigenvalue weighted by atomic mass is 9.97. The summed E-state index contributed by atoms with van der Waals surface area (Å²) in [6.45, 7) is 11.4. The molecule has 4 aromatic rings. The van der Waals surface area contributed by atoms with Gasteiger partial charge in [0.05, 0.1) is 69.9 Å². The lowest BCUT2D eigenvalue weighted by Gasteiger charge is -2.29. The van der Waals surface area contributed by atoms with Crippen LogP contribution in [0.3, 0.4) is 0 Å². The van der Waals surface area contributed by atoms with Gasteiger partial charge in [0.15, 0.2) is 0 Å². The fourth-order valence-corrected chi connectivity index (χ4v) is 12.7. The van der Waals surface area contributed by atoms with E-state index >= 15 is 0 Å². The molecule has 0 bridgehead atoms. The van der Waals surface area contributed by atoms with Gasteiger partial charge in [-0.15, -0.1) is 12.4 Å². The Morgan fingerprint density at radius 3 is 1.36 bits per heavy atom. The fraction of sp³-hybridized carbons (Fsp3) is 0.462. The van der Waals surface area contributed by atoms with E-state index in [-0.39, 0.29) is 58.6 Å². The lowest BCUT2D eigenvalue weighted by Crippen LogP contribution is -2.45. The van der Waals surface area contributed by atoms with E-state index in [2.05, 4.69) is 43.2 Å². The average molecular weight is 1190 g/mol. The zero-order chi connectivity index (χ0) is 58.7. The van der Waals surface area contributed by atoms with Crippen molar-refractivity contribution in [3.63, 3.8) is 0 Å². The van der Waals surface area contributed by atoms with Crippen molar-refractivity contribution in [2.75, 3.05) is 104 Å². The lowest BCUT2D eigenvalue weighted by molar-refractivity contribution is -0.141. The highest BCUT2D eigenvalue weighted by Crippen LogP contribution is 2.30. The number of ether oxygens (including phenoxy) is 5. The van der Waals surface area contributed by atoms with Crippen molar-refractivity contribution >= 4 is 75.9 Å². The van der Waals surface area contributed by atoms with Gasteiger partial charge in [0.2, 0.25) is 31.9 Å². The number of benzene rings is 4. The largest absolute Gasteiger partial charge is 0.497 e. The number of rotatable bonds is 18. The van der Waals surface area contributed by atoms with E-state index in [1.165, 1.54) is 60.8 Å². The summed E-state index contributed by atoms with van der Waals surface area (Å²) in [6.07, 6.45) is 0.763. The number of esters is 2. The summed E-state index contributed by atoms with van der Waals surface area (Å²) in [5.74, 6) is 0.210. The van der Waals surface area contributed by atoms with Crippen molar-refractivity contribution in [3.8, 4) is 17.2 Å². The van der Waals surface area contributed by atoms with Crippen LogP contribution in [0, 0.1) is 41.5 Å². The first-order chi connectivity index (χ1) is 35.8. The van der Waals surface area contributed by atoms with Crippen LogP contribution in [-0.2, 0) is 77.3 Å². The summed E-state index contributed by atoms with van der Waals surface area (Å²) in [6, 6.07) is 16.2. The molecule has 1 aliphatic rings. The number of carbonyl (C=O) groups excluding carboxylic acids is 4. The molecule has 1 aliphatic heterocycles. The Kier molecular flexibility index (Phi) is 28.8. The predicted octanol–water partition coefficient (Wildman–Crippen LogP) is 4.84. The summed E-state index contributed by atoms with van der Waals surface area (Å²) in [7, 11) is 9.52. The molecule has 0 spiro atoms. The summed E-state index contributed by atoms with van der Waals surface area (Å²) < 4.78 is 99.7. The minimum atomic E-state index is -3.91. The molecule has 0 aromatic heterocycles. The van der Waals surface area contributed by atoms with Crippen molar-refractivity contribution in [1.82, 2.24) is 29.0 Å². The van der Waals surface area contributed by atoms with Gasteiger partial charge < -0.3 is 44.1 Å². The monoisotopic (exact) mass is 1190 g/mol. The van der Waals surface area contributed by atoms with E-state index in [0.717, 1.165) is 27.1 Å². The summed E-state index contributed by atoms with van der Waals surface area (Å²) >= 11 is 0. The minimum absolute atomic E-state index is 0. The van der Waals surface area contributed by atoms with E-state index in [1.54, 1.807) is 89.9 Å². The maximum absolute atomic E-state index is 13.1. The highest BCUT2D eigenvalue weighted by atomic mass is 35.7. The van der Waals surface area contributed by atoms with Crippen molar-refractivity contribution in [1.29, 1.82) is 0 Å². The summed E-state index contributed by atoms with van der Waals surface area (Å²) in [5, 5.41) is 5.22. The van der Waals surface area contributed by atoms with E-state index in [0.29, 0.717) is 63.7 Å². The number of carbonyl (C=O) groups is 4. The SMILES string of the molecule is CNCC(=O)OC.COC(=O)CN(C)S(=O)(=O)c1c(C)cc(OC)cc1C.COc1cc(C)c(S(=O)(=O)Cl)c(C)c1.COc1cc(C)c(S(=O)(=O)N(C)CC(=O)NCC(=O)N2CCc3ccc(CN(C)C)cc3C2)c(C)c1.Cl. The third kappa shape index (κ3) is 20.6. The minimum Gasteiger partial charge on any atom is -0.497 e. The molecule has 0 radical (unpaired) electrons. The Morgan fingerprint density at radius 2 is 1.00 bits per heavy atom. The number of sulfonamides is 2. The quantitative estimate of drug-likeness (QED) is 0.0998. The highest BCUT2D eigenvalue weighted by molar-refractivity contribution is 8.13. The molecule has 0 saturated heterocycles. The Bertz CT molecular complexity index is 3000. The van der Waals surface area contributed by atoms with Gasteiger partial charge in [-0.1, -0.05) is 18.2 Å². The van der Waals surface area contributed by atoms with Gasteiger partial charge >= 0.3 is 11.9 Å². The number of fused-ring (bicyclic) bond motifs is 1. The van der Waals surface area contributed by atoms with Crippen LogP contribution >= 0.6 is 23.1 Å². The second kappa shape index (κ2) is 31.9. The summed E-state index contributed by atoms with van der Waals surface area (Å²) in [4.78, 5) is 51.0. The Balaban J connectivity index is 0.000000606. The molecular formula is C52H76Cl2N6O15S3. The number of hydrogen-bond acceptors (Lipinski definition) is 17. The van der Waals surface area contributed by atoms with Crippen LogP contribution in [0.15, 0.2) is 69.3 Å². The van der Waals surface area contributed by atoms with Crippen LogP contribution in [0.1, 0.15) is 50.1 Å². The molecule has 78 heavy (non-hydrogen) atoms. The van der Waals surface area contributed by atoms with Crippen molar-refractivity contribution in [2.45, 2.75) is 75.7 Å². The Labute approximate surface area is 471 Å². The molecule has 2 N–H and O–H groups in total. The maximum Gasteiger partial charge on any atom is 0.321 e. The van der Waals surface area contributed by atoms with E-state index in [9.17, 15) is 44.4 Å². The second-order valence-electron chi connectivity index (χ2n) is 18.1. The third-order valence-corrected chi connectivity index (χ3v) is 17.5. The smallest absolute Gasteiger partial charge is 0.321 e. The fourth-order valence-electron chi connectivity index (χ4n) is 8.06. The molecule has 0 atom stereocenters. The van der Waals surface area contributed by atoms with Crippen molar-refractivity contribution in [3.05, 3.63) is 105 Å². The number of hydrogen-bond donors (Lipinski definition) is 2. The van der Waals surface area contributed by atoms with Crippen LogP contribution in [0.25, 0.3) is 0 Å². The van der Waals surface area contributed by atoms with Crippen molar-refractivity contribution in [2.24, 2.45) is 0 Å². The number of nitrogens with zero attached hydrogens (tertiary/aromatic N) is 4. The first-order valence-corrected chi connectivity index (χ1v) is 28.9. The third-order valence-electron chi connectivity index (χ3n) is 11.7. The Hall–Kier alpha value is -5.57. The maximum atomic E-state index is 13.1. The van der Waals surface area contributed by atoms with Gasteiger partial charge in [-0.25, -0.2) is 25.3 Å². The average Bonchev–Trinajstić information content (AvgIpc) is 3.34. The molecule has 5 rings (SSSR count). The second-order valence-corrected chi connectivity index (χ2v) is 24.6. The van der Waals surface area contributed by atoms with Crippen LogP contribution in [0.2, 0.25) is 0 Å². The molecule has 0 unspecified atom stereocenters. The Morgan fingerprint density at radius 1 is 0.590 bits per heavy atom. The molecule has 436 valence electrons. The van der Waals surface area contributed by atoms with Gasteiger partial charge in [0.25, 0.3) is 9.05 Å². The highest BCUT2D eigenvalue weighted by Gasteiger charge is 2.29. The standard InChI is InChI=1S/C26H36N4O5S.C13H19NO5S.C9H11ClO3S.C4H9NO2.ClH/c1-18-11-23(35-6)12-19(2)26(18)36(33,34)29(5)17-24(31)27-14-25(32)30-10-9-21-8-7-20(15-28(3)4)13-22(21)16-30;1-9-6-11(18-4)7-10(2)13(9)20(16,17)14(3)8-12(15)19-5;1-6-4-8(13-3)5-7(2)9(6)14(10,11)12;1-5-3-4(6)7-2;/h7-8,11-13H,9-10,14-17H2,1-6H3,(H,27,31);6-7H,8H2,1-5H3;4-5H,1-3H3;5H,3H2,1-2H3;1H. The van der Waals surface area contributed by atoms with Crippen LogP contribution < -0.4 is 24.8 Å². The van der Waals surface area contributed by atoms with Gasteiger partial charge in [-0.2, -0.15) is 8.61 Å². The van der Waals surface area contributed by atoms with Gasteiger partial charge in [0, 0.05) is 44.4 Å². The molecule has 0 fully saturated rings. The molecule has 0 saturated carbocycles. The zero-order valence-corrected chi connectivity index (χ0v) is 51.3. The van der Waals surface area contributed by atoms with E-state index < -0.39 is 47.5 Å².